The fourth-order valence-corrected chi connectivity index (χ4v) is 0. The standard InChI is InChI=1S/C3H3I2.Y/c1-3(5)2-4;/h1H3;/q-1;. The van der Waals surface area contributed by atoms with E-state index in [1.54, 1.807) is 0 Å². The molecule has 0 aromatic carbocycles. The van der Waals surface area contributed by atoms with E-state index in [0.717, 1.165) is 0 Å². The second-order valence-corrected chi connectivity index (χ2v) is 2.79. The SMILES string of the molecule is CC(I)=[C-]I.[Y]. The molecule has 0 amide bonds. The summed E-state index contributed by atoms with van der Waals surface area (Å²) in [6.45, 7) is 2.01. The summed E-state index contributed by atoms with van der Waals surface area (Å²) < 4.78 is 4.11. The Kier molecular flexibility index (Phi) is 13.6. The second kappa shape index (κ2) is 7.30. The first-order valence-corrected chi connectivity index (χ1v) is 3.29. The van der Waals surface area contributed by atoms with Gasteiger partial charge >= 0.3 is 0 Å². The molecule has 1 radical (unpaired) electrons. The third-order valence-electron chi connectivity index (χ3n) is 0.130. The summed E-state index contributed by atoms with van der Waals surface area (Å²) in [4.78, 5) is 0. The number of hydrogen-bond donors (Lipinski definition) is 0. The maximum absolute atomic E-state index is 2.90. The predicted octanol–water partition coefficient (Wildman–Crippen LogP) is 2.52. The topological polar surface area (TPSA) is 0 Å². The Morgan fingerprint density at radius 3 is 1.83 bits per heavy atom. The summed E-state index contributed by atoms with van der Waals surface area (Å²) in [5, 5.41) is 0. The molecule has 0 fully saturated rings. The van der Waals surface area contributed by atoms with Crippen molar-refractivity contribution in [2.75, 3.05) is 0 Å². The Morgan fingerprint density at radius 2 is 1.83 bits per heavy atom. The molecule has 0 saturated heterocycles. The normalized spacial score (nSPS) is 10.2. The Labute approximate surface area is 90.7 Å². The van der Waals surface area contributed by atoms with Crippen LogP contribution < -0.4 is 0 Å². The Morgan fingerprint density at radius 1 is 1.67 bits per heavy atom. The van der Waals surface area contributed by atoms with E-state index in [4.69, 9.17) is 0 Å². The van der Waals surface area contributed by atoms with Crippen LogP contribution >= 0.6 is 45.2 Å². The van der Waals surface area contributed by atoms with E-state index in [2.05, 4.69) is 49.3 Å². The smallest absolute Gasteiger partial charge is 0 e. The molecule has 0 aromatic heterocycles. The average Bonchev–Trinajstić information content (AvgIpc) is 1.38. The molecule has 0 aliphatic rings. The predicted molar refractivity (Wildman–Crippen MR) is 40.5 cm³/mol. The van der Waals surface area contributed by atoms with Crippen LogP contribution in [0.1, 0.15) is 6.92 Å². The van der Waals surface area contributed by atoms with Gasteiger partial charge in [-0.2, -0.15) is 3.58 Å². The van der Waals surface area contributed by atoms with Gasteiger partial charge in [0.1, 0.15) is 0 Å². The van der Waals surface area contributed by atoms with Gasteiger partial charge in [0.15, 0.2) is 0 Å². The van der Waals surface area contributed by atoms with Gasteiger partial charge in [-0.15, -0.1) is 0 Å². The van der Waals surface area contributed by atoms with E-state index < -0.39 is 0 Å². The molecule has 33 valence electrons. The molecule has 0 N–H and O–H groups in total. The number of halogens is 2. The molecule has 0 heterocycles. The molecule has 0 nitrogen and oxygen atoms in total. The summed E-state index contributed by atoms with van der Waals surface area (Å²) in [6.07, 6.45) is 0. The maximum Gasteiger partial charge on any atom is 0 e. The molecule has 3 heteroatoms. The summed E-state index contributed by atoms with van der Waals surface area (Å²) in [5.41, 5.74) is 0. The van der Waals surface area contributed by atoms with Crippen LogP contribution in [0.5, 0.6) is 0 Å². The maximum atomic E-state index is 2.90. The van der Waals surface area contributed by atoms with Gasteiger partial charge in [-0.3, -0.25) is 0 Å². The first-order chi connectivity index (χ1) is 2.27. The molecule has 0 spiro atoms. The molecule has 0 aliphatic carbocycles. The minimum atomic E-state index is 0. The van der Waals surface area contributed by atoms with E-state index in [-0.39, 0.29) is 32.7 Å². The van der Waals surface area contributed by atoms with E-state index >= 15 is 0 Å². The van der Waals surface area contributed by atoms with Gasteiger partial charge in [0.2, 0.25) is 0 Å². The fourth-order valence-electron chi connectivity index (χ4n) is 0. The summed E-state index contributed by atoms with van der Waals surface area (Å²) in [5.74, 6) is 0. The molecule has 0 aromatic rings. The van der Waals surface area contributed by atoms with Gasteiger partial charge in [-0.05, 0) is 0 Å². The number of rotatable bonds is 0. The molecule has 6 heavy (non-hydrogen) atoms. The van der Waals surface area contributed by atoms with Crippen molar-refractivity contribution < 1.29 is 32.7 Å². The van der Waals surface area contributed by atoms with E-state index in [0.29, 0.717) is 0 Å². The molecular formula is C3H3I2Y-. The zero-order valence-corrected chi connectivity index (χ0v) is 10.5. The van der Waals surface area contributed by atoms with E-state index in [9.17, 15) is 0 Å². The van der Waals surface area contributed by atoms with Crippen molar-refractivity contribution in [1.29, 1.82) is 0 Å². The number of hydrogen-bond acceptors (Lipinski definition) is 0. The molecule has 0 aliphatic heterocycles. The molecule has 0 rings (SSSR count). The van der Waals surface area contributed by atoms with Gasteiger partial charge in [0.25, 0.3) is 0 Å². The zero-order chi connectivity index (χ0) is 4.28. The minimum Gasteiger partial charge on any atom is -0.416 e. The van der Waals surface area contributed by atoms with E-state index in [1.165, 1.54) is 3.58 Å². The molecule has 0 saturated carbocycles. The van der Waals surface area contributed by atoms with Crippen LogP contribution in [0.2, 0.25) is 0 Å². The van der Waals surface area contributed by atoms with Crippen molar-refractivity contribution in [3.8, 4) is 0 Å². The van der Waals surface area contributed by atoms with Gasteiger partial charge in [0.05, 0.1) is 0 Å². The number of allylic oxidation sites excluding steroid dienone is 1. The molecule has 0 unspecified atom stereocenters. The van der Waals surface area contributed by atoms with Gasteiger partial charge in [-0.25, -0.2) is 0 Å². The fraction of sp³-hybridized carbons (Fsp3) is 0.333. The minimum absolute atomic E-state index is 0. The Bertz CT molecular complexity index is 46.8. The van der Waals surface area contributed by atoms with Crippen molar-refractivity contribution in [3.63, 3.8) is 0 Å². The second-order valence-electron chi connectivity index (χ2n) is 0.628. The van der Waals surface area contributed by atoms with Crippen LogP contribution in [0.15, 0.2) is 3.58 Å². The van der Waals surface area contributed by atoms with Crippen molar-refractivity contribution in [2.24, 2.45) is 0 Å². The molecule has 0 atom stereocenters. The van der Waals surface area contributed by atoms with Gasteiger partial charge in [-0.1, -0.05) is 29.5 Å². The Hall–Kier alpha value is 2.30. The van der Waals surface area contributed by atoms with Crippen molar-refractivity contribution in [3.05, 3.63) is 7.66 Å². The van der Waals surface area contributed by atoms with Crippen molar-refractivity contribution >= 4 is 45.2 Å². The quantitative estimate of drug-likeness (QED) is 0.447. The third kappa shape index (κ3) is 9.57. The van der Waals surface area contributed by atoms with Crippen LogP contribution in [0, 0.1) is 4.08 Å². The summed E-state index contributed by atoms with van der Waals surface area (Å²) in [6, 6.07) is 0. The summed E-state index contributed by atoms with van der Waals surface area (Å²) in [7, 11) is 0. The van der Waals surface area contributed by atoms with Crippen LogP contribution in [-0.4, -0.2) is 0 Å². The van der Waals surface area contributed by atoms with Crippen LogP contribution in [0.3, 0.4) is 0 Å². The van der Waals surface area contributed by atoms with Crippen molar-refractivity contribution in [1.82, 2.24) is 0 Å². The largest absolute Gasteiger partial charge is 0.416 e. The van der Waals surface area contributed by atoms with Gasteiger partial charge in [0, 0.05) is 32.7 Å². The van der Waals surface area contributed by atoms with E-state index in [1.807, 2.05) is 6.92 Å². The first-order valence-electron chi connectivity index (χ1n) is 1.13. The first kappa shape index (κ1) is 11.1. The van der Waals surface area contributed by atoms with Gasteiger partial charge < -0.3 is 26.7 Å². The Balaban J connectivity index is 0. The van der Waals surface area contributed by atoms with Crippen LogP contribution in [0.25, 0.3) is 0 Å². The van der Waals surface area contributed by atoms with Crippen LogP contribution in [-0.2, 0) is 32.7 Å². The molecular weight excluding hydrogens is 379 g/mol. The molecule has 0 bridgehead atoms. The van der Waals surface area contributed by atoms with Crippen molar-refractivity contribution in [2.45, 2.75) is 6.92 Å². The monoisotopic (exact) mass is 382 g/mol. The van der Waals surface area contributed by atoms with Crippen LogP contribution in [0.4, 0.5) is 0 Å². The zero-order valence-electron chi connectivity index (χ0n) is 3.33. The summed E-state index contributed by atoms with van der Waals surface area (Å²) >= 11 is 4.29. The third-order valence-corrected chi connectivity index (χ3v) is 2.24. The average molecular weight is 382 g/mol.